The molecule has 1 fully saturated rings. The van der Waals surface area contributed by atoms with Crippen LogP contribution in [0.25, 0.3) is 0 Å². The van der Waals surface area contributed by atoms with Gasteiger partial charge in [-0.2, -0.15) is 0 Å². The van der Waals surface area contributed by atoms with Crippen LogP contribution in [-0.4, -0.2) is 35.2 Å². The van der Waals surface area contributed by atoms with E-state index in [1.807, 2.05) is 13.8 Å². The lowest BCUT2D eigenvalue weighted by Gasteiger charge is -2.41. The molecule has 0 bridgehead atoms. The maximum Gasteiger partial charge on any atom is 0.305 e. The molecule has 0 aliphatic heterocycles. The molecule has 1 rings (SSSR count). The molecule has 1 aliphatic carbocycles. The number of ether oxygens (including phenoxy) is 1. The van der Waals surface area contributed by atoms with E-state index < -0.39 is 11.5 Å². The van der Waals surface area contributed by atoms with Gasteiger partial charge in [-0.3, -0.25) is 9.59 Å². The van der Waals surface area contributed by atoms with Gasteiger partial charge in [0.05, 0.1) is 24.7 Å². The molecule has 0 saturated heterocycles. The fraction of sp³-hybridized carbons (Fsp3) is 0.833. The second-order valence-corrected chi connectivity index (χ2v) is 4.92. The highest BCUT2D eigenvalue weighted by atomic mass is 16.5. The van der Waals surface area contributed by atoms with Gasteiger partial charge in [-0.05, 0) is 33.1 Å². The van der Waals surface area contributed by atoms with E-state index in [-0.39, 0.29) is 18.4 Å². The topological polar surface area (TPSA) is 75.6 Å². The first kappa shape index (κ1) is 14.0. The van der Waals surface area contributed by atoms with Crippen molar-refractivity contribution in [1.29, 1.82) is 0 Å². The number of carboxylic acids is 1. The van der Waals surface area contributed by atoms with Gasteiger partial charge in [0.25, 0.3) is 0 Å². The molecular weight excluding hydrogens is 222 g/mol. The van der Waals surface area contributed by atoms with Crippen LogP contribution in [0.4, 0.5) is 0 Å². The SMILES string of the molecule is CC(C)OCCC(=O)NC1(CC(=O)O)CCC1. The Balaban J connectivity index is 2.30. The number of amides is 1. The number of rotatable bonds is 7. The average molecular weight is 243 g/mol. The smallest absolute Gasteiger partial charge is 0.305 e. The Bertz CT molecular complexity index is 284. The van der Waals surface area contributed by atoms with Crippen molar-refractivity contribution in [2.45, 2.75) is 57.6 Å². The van der Waals surface area contributed by atoms with Crippen molar-refractivity contribution in [3.05, 3.63) is 0 Å². The summed E-state index contributed by atoms with van der Waals surface area (Å²) in [5.74, 6) is -0.977. The fourth-order valence-electron chi connectivity index (χ4n) is 1.98. The van der Waals surface area contributed by atoms with Gasteiger partial charge in [0.1, 0.15) is 0 Å². The van der Waals surface area contributed by atoms with Crippen LogP contribution >= 0.6 is 0 Å². The highest BCUT2D eigenvalue weighted by Gasteiger charge is 2.40. The van der Waals surface area contributed by atoms with Crippen LogP contribution in [0.5, 0.6) is 0 Å². The van der Waals surface area contributed by atoms with E-state index in [4.69, 9.17) is 9.84 Å². The summed E-state index contributed by atoms with van der Waals surface area (Å²) in [7, 11) is 0. The summed E-state index contributed by atoms with van der Waals surface area (Å²) in [6, 6.07) is 0. The van der Waals surface area contributed by atoms with Gasteiger partial charge in [-0.1, -0.05) is 0 Å². The minimum absolute atomic E-state index is 0.0176. The molecule has 1 aliphatic rings. The first-order valence-corrected chi connectivity index (χ1v) is 6.08. The van der Waals surface area contributed by atoms with Crippen molar-refractivity contribution in [2.75, 3.05) is 6.61 Å². The molecule has 5 heteroatoms. The number of hydrogen-bond donors (Lipinski definition) is 2. The maximum absolute atomic E-state index is 11.6. The van der Waals surface area contributed by atoms with E-state index in [0.717, 1.165) is 19.3 Å². The third kappa shape index (κ3) is 4.73. The Morgan fingerprint density at radius 2 is 2.06 bits per heavy atom. The van der Waals surface area contributed by atoms with E-state index in [0.29, 0.717) is 13.0 Å². The van der Waals surface area contributed by atoms with Crippen LogP contribution in [-0.2, 0) is 14.3 Å². The van der Waals surface area contributed by atoms with E-state index >= 15 is 0 Å². The summed E-state index contributed by atoms with van der Waals surface area (Å²) in [5.41, 5.74) is -0.499. The van der Waals surface area contributed by atoms with E-state index in [1.165, 1.54) is 0 Å². The van der Waals surface area contributed by atoms with Gasteiger partial charge in [0.15, 0.2) is 0 Å². The molecule has 0 aromatic heterocycles. The normalized spacial score (nSPS) is 17.6. The Labute approximate surface area is 102 Å². The highest BCUT2D eigenvalue weighted by Crippen LogP contribution is 2.34. The largest absolute Gasteiger partial charge is 0.481 e. The highest BCUT2D eigenvalue weighted by molar-refractivity contribution is 5.78. The monoisotopic (exact) mass is 243 g/mol. The Morgan fingerprint density at radius 3 is 2.47 bits per heavy atom. The fourth-order valence-corrected chi connectivity index (χ4v) is 1.98. The summed E-state index contributed by atoms with van der Waals surface area (Å²) in [6.45, 7) is 4.21. The minimum Gasteiger partial charge on any atom is -0.481 e. The molecule has 1 saturated carbocycles. The standard InChI is InChI=1S/C12H21NO4/c1-9(2)17-7-4-10(14)13-12(5-3-6-12)8-11(15)16/h9H,3-8H2,1-2H3,(H,13,14)(H,15,16). The Hall–Kier alpha value is -1.10. The number of carboxylic acid groups (broad SMARTS) is 1. The van der Waals surface area contributed by atoms with Gasteiger partial charge in [-0.25, -0.2) is 0 Å². The van der Waals surface area contributed by atoms with Crippen LogP contribution in [0.15, 0.2) is 0 Å². The molecule has 98 valence electrons. The van der Waals surface area contributed by atoms with Gasteiger partial charge in [0, 0.05) is 6.42 Å². The number of carbonyl (C=O) groups is 2. The molecule has 1 amide bonds. The summed E-state index contributed by atoms with van der Waals surface area (Å²) < 4.78 is 5.28. The van der Waals surface area contributed by atoms with Crippen LogP contribution in [0.1, 0.15) is 46.0 Å². The van der Waals surface area contributed by atoms with Crippen molar-refractivity contribution in [3.63, 3.8) is 0 Å². The molecule has 0 unspecified atom stereocenters. The molecule has 0 spiro atoms. The molecule has 0 radical (unpaired) electrons. The summed E-state index contributed by atoms with van der Waals surface area (Å²) in [4.78, 5) is 22.3. The zero-order valence-corrected chi connectivity index (χ0v) is 10.5. The van der Waals surface area contributed by atoms with Gasteiger partial charge < -0.3 is 15.2 Å². The molecule has 2 N–H and O–H groups in total. The van der Waals surface area contributed by atoms with Crippen molar-refractivity contribution < 1.29 is 19.4 Å². The Kier molecular flexibility index (Phi) is 4.93. The number of nitrogens with one attached hydrogen (secondary N) is 1. The number of hydrogen-bond acceptors (Lipinski definition) is 3. The zero-order valence-electron chi connectivity index (χ0n) is 10.5. The summed E-state index contributed by atoms with van der Waals surface area (Å²) in [5, 5.41) is 11.6. The van der Waals surface area contributed by atoms with Crippen molar-refractivity contribution >= 4 is 11.9 Å². The average Bonchev–Trinajstić information content (AvgIpc) is 2.12. The molecule has 0 aromatic rings. The van der Waals surface area contributed by atoms with E-state index in [1.54, 1.807) is 0 Å². The van der Waals surface area contributed by atoms with Crippen LogP contribution < -0.4 is 5.32 Å². The van der Waals surface area contributed by atoms with E-state index in [9.17, 15) is 9.59 Å². The number of aliphatic carboxylic acids is 1. The van der Waals surface area contributed by atoms with Crippen LogP contribution in [0.3, 0.4) is 0 Å². The quantitative estimate of drug-likeness (QED) is 0.707. The second-order valence-electron chi connectivity index (χ2n) is 4.92. The van der Waals surface area contributed by atoms with Crippen molar-refractivity contribution in [1.82, 2.24) is 5.32 Å². The Morgan fingerprint density at radius 1 is 1.41 bits per heavy atom. The number of carbonyl (C=O) groups excluding carboxylic acids is 1. The van der Waals surface area contributed by atoms with Gasteiger partial charge in [-0.15, -0.1) is 0 Å². The lowest BCUT2D eigenvalue weighted by atomic mass is 9.74. The predicted octanol–water partition coefficient (Wildman–Crippen LogP) is 1.32. The summed E-state index contributed by atoms with van der Waals surface area (Å²) >= 11 is 0. The molecular formula is C12H21NO4. The molecule has 17 heavy (non-hydrogen) atoms. The molecule has 5 nitrogen and oxygen atoms in total. The maximum atomic E-state index is 11.6. The zero-order chi connectivity index (χ0) is 12.9. The molecule has 0 heterocycles. The summed E-state index contributed by atoms with van der Waals surface area (Å²) in [6.07, 6.45) is 2.92. The van der Waals surface area contributed by atoms with Gasteiger partial charge >= 0.3 is 5.97 Å². The lowest BCUT2D eigenvalue weighted by molar-refractivity contribution is -0.140. The molecule has 0 aromatic carbocycles. The van der Waals surface area contributed by atoms with Crippen molar-refractivity contribution in [2.24, 2.45) is 0 Å². The minimum atomic E-state index is -0.858. The third-order valence-electron chi connectivity index (χ3n) is 2.99. The predicted molar refractivity (Wildman–Crippen MR) is 62.7 cm³/mol. The van der Waals surface area contributed by atoms with Gasteiger partial charge in [0.2, 0.25) is 5.91 Å². The first-order valence-electron chi connectivity index (χ1n) is 6.08. The van der Waals surface area contributed by atoms with Crippen LogP contribution in [0, 0.1) is 0 Å². The van der Waals surface area contributed by atoms with E-state index in [2.05, 4.69) is 5.32 Å². The first-order chi connectivity index (χ1) is 7.93. The molecule has 0 atom stereocenters. The van der Waals surface area contributed by atoms with Crippen LogP contribution in [0.2, 0.25) is 0 Å². The second kappa shape index (κ2) is 6.00. The lowest BCUT2D eigenvalue weighted by Crippen LogP contribution is -2.54. The van der Waals surface area contributed by atoms with Crippen molar-refractivity contribution in [3.8, 4) is 0 Å². The third-order valence-corrected chi connectivity index (χ3v) is 2.99.